The largest absolute Gasteiger partial charge is 0.473 e. The zero-order valence-electron chi connectivity index (χ0n) is 22.0. The third-order valence-electron chi connectivity index (χ3n) is 7.67. The van der Waals surface area contributed by atoms with Crippen LogP contribution in [0.25, 0.3) is 22.3 Å². The van der Waals surface area contributed by atoms with Crippen LogP contribution in [0.3, 0.4) is 0 Å². The van der Waals surface area contributed by atoms with E-state index in [0.29, 0.717) is 13.5 Å². The molecule has 0 atom stereocenters. The number of benzene rings is 5. The van der Waals surface area contributed by atoms with Gasteiger partial charge in [0.25, 0.3) is 0 Å². The van der Waals surface area contributed by atoms with E-state index in [9.17, 15) is 0 Å². The first-order valence-corrected chi connectivity index (χ1v) is 13.4. The van der Waals surface area contributed by atoms with Gasteiger partial charge in [-0.05, 0) is 83.3 Å². The van der Waals surface area contributed by atoms with Crippen molar-refractivity contribution >= 4 is 11.4 Å². The number of aryl methyl sites for hydroxylation is 1. The van der Waals surface area contributed by atoms with Gasteiger partial charge < -0.3 is 19.3 Å². The summed E-state index contributed by atoms with van der Waals surface area (Å²) in [6.07, 6.45) is 0. The first kappa shape index (κ1) is 23.4. The number of para-hydroxylation sites is 2. The SMILES string of the molecule is Cc1cc(-c2ccc(-c3ccc4c(c3)CN(c3ccccc3)CO4)cc2)cc2c1OCN(c1ccccc1)C2. The maximum Gasteiger partial charge on any atom is 0.161 e. The van der Waals surface area contributed by atoms with Gasteiger partial charge in [0.15, 0.2) is 13.5 Å². The fourth-order valence-corrected chi connectivity index (χ4v) is 5.62. The summed E-state index contributed by atoms with van der Waals surface area (Å²) in [5.41, 5.74) is 10.8. The molecule has 5 aromatic carbocycles. The van der Waals surface area contributed by atoms with E-state index in [4.69, 9.17) is 9.47 Å². The number of hydrogen-bond acceptors (Lipinski definition) is 4. The van der Waals surface area contributed by atoms with Crippen LogP contribution in [-0.4, -0.2) is 13.5 Å². The van der Waals surface area contributed by atoms with Gasteiger partial charge in [-0.3, -0.25) is 0 Å². The molecule has 0 radical (unpaired) electrons. The van der Waals surface area contributed by atoms with Crippen molar-refractivity contribution in [2.24, 2.45) is 0 Å². The first-order chi connectivity index (χ1) is 19.2. The maximum atomic E-state index is 6.18. The predicted molar refractivity (Wildman–Crippen MR) is 158 cm³/mol. The lowest BCUT2D eigenvalue weighted by molar-refractivity contribution is 0.287. The van der Waals surface area contributed by atoms with E-state index in [2.05, 4.69) is 120 Å². The minimum absolute atomic E-state index is 0.569. The summed E-state index contributed by atoms with van der Waals surface area (Å²) in [7, 11) is 0. The summed E-state index contributed by atoms with van der Waals surface area (Å²) in [6.45, 7) is 4.95. The fraction of sp³-hybridized carbons (Fsp3) is 0.143. The molecule has 4 nitrogen and oxygen atoms in total. The molecular formula is C35H30N2O2. The van der Waals surface area contributed by atoms with E-state index in [1.165, 1.54) is 50.3 Å². The number of anilines is 2. The topological polar surface area (TPSA) is 24.9 Å². The van der Waals surface area contributed by atoms with Crippen LogP contribution in [0.4, 0.5) is 11.4 Å². The highest BCUT2D eigenvalue weighted by Gasteiger charge is 2.21. The summed E-state index contributed by atoms with van der Waals surface area (Å²) in [4.78, 5) is 4.53. The van der Waals surface area contributed by atoms with Gasteiger partial charge in [0.2, 0.25) is 0 Å². The molecular weight excluding hydrogens is 480 g/mol. The highest BCUT2D eigenvalue weighted by molar-refractivity contribution is 5.73. The smallest absolute Gasteiger partial charge is 0.161 e. The second-order valence-electron chi connectivity index (χ2n) is 10.3. The van der Waals surface area contributed by atoms with Gasteiger partial charge in [-0.15, -0.1) is 0 Å². The van der Waals surface area contributed by atoms with Crippen molar-refractivity contribution in [1.82, 2.24) is 0 Å². The number of fused-ring (bicyclic) bond motifs is 2. The molecule has 192 valence electrons. The molecule has 0 saturated carbocycles. The Hall–Kier alpha value is -4.70. The van der Waals surface area contributed by atoms with Crippen molar-refractivity contribution in [3.63, 3.8) is 0 Å². The van der Waals surface area contributed by atoms with Gasteiger partial charge in [0.1, 0.15) is 11.5 Å². The monoisotopic (exact) mass is 510 g/mol. The Morgan fingerprint density at radius 3 is 1.72 bits per heavy atom. The third-order valence-corrected chi connectivity index (χ3v) is 7.67. The van der Waals surface area contributed by atoms with Gasteiger partial charge in [-0.2, -0.15) is 0 Å². The van der Waals surface area contributed by atoms with Crippen LogP contribution in [0.2, 0.25) is 0 Å². The number of hydrogen-bond donors (Lipinski definition) is 0. The molecule has 0 bridgehead atoms. The van der Waals surface area contributed by atoms with Gasteiger partial charge in [-0.25, -0.2) is 0 Å². The standard InChI is InChI=1S/C35H30N2O2/c1-25-18-29(20-31-22-37(24-39-35(25)31)33-10-6-3-7-11-33)27-14-12-26(13-15-27)28-16-17-34-30(19-28)21-36(23-38-34)32-8-4-2-5-9-32/h2-20H,21-24H2,1H3. The minimum Gasteiger partial charge on any atom is -0.473 e. The first-order valence-electron chi connectivity index (χ1n) is 13.4. The van der Waals surface area contributed by atoms with Gasteiger partial charge >= 0.3 is 0 Å². The van der Waals surface area contributed by atoms with E-state index < -0.39 is 0 Å². The van der Waals surface area contributed by atoms with E-state index in [1.807, 2.05) is 12.1 Å². The normalized spacial score (nSPS) is 14.2. The van der Waals surface area contributed by atoms with Crippen LogP contribution in [0.15, 0.2) is 115 Å². The molecule has 2 heterocycles. The highest BCUT2D eigenvalue weighted by Crippen LogP contribution is 2.37. The Balaban J connectivity index is 1.13. The van der Waals surface area contributed by atoms with Crippen LogP contribution < -0.4 is 19.3 Å². The summed E-state index contributed by atoms with van der Waals surface area (Å²) >= 11 is 0. The van der Waals surface area contributed by atoms with E-state index >= 15 is 0 Å². The third kappa shape index (κ3) is 4.59. The Morgan fingerprint density at radius 1 is 0.513 bits per heavy atom. The Morgan fingerprint density at radius 2 is 1.05 bits per heavy atom. The average molecular weight is 511 g/mol. The molecule has 0 aliphatic carbocycles. The maximum absolute atomic E-state index is 6.18. The molecule has 0 unspecified atom stereocenters. The predicted octanol–water partition coefficient (Wildman–Crippen LogP) is 8.04. The van der Waals surface area contributed by atoms with Gasteiger partial charge in [0.05, 0.1) is 0 Å². The van der Waals surface area contributed by atoms with Crippen LogP contribution >= 0.6 is 0 Å². The highest BCUT2D eigenvalue weighted by atomic mass is 16.5. The number of rotatable bonds is 4. The molecule has 5 aromatic rings. The number of nitrogens with zero attached hydrogens (tertiary/aromatic N) is 2. The van der Waals surface area contributed by atoms with E-state index in [1.54, 1.807) is 0 Å². The summed E-state index contributed by atoms with van der Waals surface area (Å²) in [5.74, 6) is 1.99. The summed E-state index contributed by atoms with van der Waals surface area (Å²) in [5, 5.41) is 0. The second-order valence-corrected chi connectivity index (χ2v) is 10.3. The minimum atomic E-state index is 0.569. The van der Waals surface area contributed by atoms with Crippen LogP contribution in [-0.2, 0) is 13.1 Å². The molecule has 0 amide bonds. The average Bonchev–Trinajstić information content (AvgIpc) is 3.01. The van der Waals surface area contributed by atoms with Gasteiger partial charge in [0, 0.05) is 35.6 Å². The van der Waals surface area contributed by atoms with Crippen LogP contribution in [0, 0.1) is 6.92 Å². The van der Waals surface area contributed by atoms with Crippen molar-refractivity contribution in [3.8, 4) is 33.8 Å². The lowest BCUT2D eigenvalue weighted by Crippen LogP contribution is -2.32. The fourth-order valence-electron chi connectivity index (χ4n) is 5.62. The summed E-state index contributed by atoms with van der Waals surface area (Å²) in [6, 6.07) is 40.8. The Bertz CT molecular complexity index is 1610. The number of ether oxygens (including phenoxy) is 2. The molecule has 0 fully saturated rings. The molecule has 0 saturated heterocycles. The zero-order valence-corrected chi connectivity index (χ0v) is 22.0. The Kier molecular flexibility index (Phi) is 5.93. The molecule has 0 aromatic heterocycles. The molecule has 4 heteroatoms. The summed E-state index contributed by atoms with van der Waals surface area (Å²) < 4.78 is 12.2. The quantitative estimate of drug-likeness (QED) is 0.244. The second kappa shape index (κ2) is 9.88. The van der Waals surface area contributed by atoms with Crippen molar-refractivity contribution in [1.29, 1.82) is 0 Å². The van der Waals surface area contributed by atoms with Crippen molar-refractivity contribution < 1.29 is 9.47 Å². The molecule has 39 heavy (non-hydrogen) atoms. The molecule has 0 spiro atoms. The van der Waals surface area contributed by atoms with Crippen molar-refractivity contribution in [2.75, 3.05) is 23.3 Å². The molecule has 7 rings (SSSR count). The lowest BCUT2D eigenvalue weighted by atomic mass is 9.95. The van der Waals surface area contributed by atoms with Gasteiger partial charge in [-0.1, -0.05) is 66.7 Å². The van der Waals surface area contributed by atoms with Crippen molar-refractivity contribution in [2.45, 2.75) is 20.0 Å². The Labute approximate surface area is 229 Å². The molecule has 0 N–H and O–H groups in total. The molecule has 2 aliphatic rings. The zero-order chi connectivity index (χ0) is 26.2. The van der Waals surface area contributed by atoms with E-state index in [-0.39, 0.29) is 0 Å². The lowest BCUT2D eigenvalue weighted by Gasteiger charge is -2.32. The van der Waals surface area contributed by atoms with Crippen LogP contribution in [0.1, 0.15) is 16.7 Å². The van der Waals surface area contributed by atoms with Crippen molar-refractivity contribution in [3.05, 3.63) is 132 Å². The van der Waals surface area contributed by atoms with E-state index in [0.717, 1.165) is 24.6 Å². The molecule has 2 aliphatic heterocycles. The van der Waals surface area contributed by atoms with Crippen LogP contribution in [0.5, 0.6) is 11.5 Å².